The number of aromatic nitrogens is 2. The van der Waals surface area contributed by atoms with Crippen molar-refractivity contribution in [3.8, 4) is 0 Å². The van der Waals surface area contributed by atoms with Crippen molar-refractivity contribution in [1.29, 1.82) is 0 Å². The zero-order valence-electron chi connectivity index (χ0n) is 17.1. The molecule has 1 fully saturated rings. The van der Waals surface area contributed by atoms with E-state index >= 15 is 0 Å². The number of aryl methyl sites for hydroxylation is 1. The molecule has 4 rings (SSSR count). The van der Waals surface area contributed by atoms with Crippen LogP contribution in [0.25, 0.3) is 10.2 Å². The number of thioether (sulfide) groups is 1. The van der Waals surface area contributed by atoms with Crippen molar-refractivity contribution in [1.82, 2.24) is 9.97 Å². The largest absolute Gasteiger partial charge is 0.462 e. The number of carbonyl (C=O) groups excluding carboxylic acids is 1. The monoisotopic (exact) mass is 443 g/mol. The molecule has 0 radical (unpaired) electrons. The molecule has 0 bridgehead atoms. The fourth-order valence-corrected chi connectivity index (χ4v) is 5.45. The number of aliphatic hydroxyl groups excluding tert-OH is 1. The number of piperidine rings is 1. The lowest BCUT2D eigenvalue weighted by Crippen LogP contribution is -2.36. The third-order valence-electron chi connectivity index (χ3n) is 5.15. The smallest absolute Gasteiger partial charge is 0.348 e. The van der Waals surface area contributed by atoms with Crippen LogP contribution in [0.15, 0.2) is 35.2 Å². The van der Waals surface area contributed by atoms with Crippen LogP contribution in [0, 0.1) is 6.92 Å². The van der Waals surface area contributed by atoms with Gasteiger partial charge in [-0.25, -0.2) is 14.8 Å². The van der Waals surface area contributed by atoms with E-state index in [0.717, 1.165) is 40.5 Å². The molecule has 1 aliphatic rings. The summed E-state index contributed by atoms with van der Waals surface area (Å²) in [5, 5.41) is 10.8. The molecule has 3 aromatic rings. The molecule has 1 aromatic carbocycles. The van der Waals surface area contributed by atoms with Gasteiger partial charge in [-0.3, -0.25) is 0 Å². The number of rotatable bonds is 6. The average molecular weight is 444 g/mol. The predicted octanol–water partition coefficient (Wildman–Crippen LogP) is 4.43. The van der Waals surface area contributed by atoms with Gasteiger partial charge < -0.3 is 14.7 Å². The van der Waals surface area contributed by atoms with Crippen molar-refractivity contribution >= 4 is 45.1 Å². The standard InChI is InChI=1S/C22H25N3O3S2/c1-3-28-22(27)19-14(2)18-20(25-11-9-15(26)10-12-25)23-17(24-21(18)30-19)13-29-16-7-5-4-6-8-16/h4-8,15,26H,3,9-13H2,1-2H3. The van der Waals surface area contributed by atoms with E-state index in [9.17, 15) is 9.90 Å². The Labute approximate surface area is 184 Å². The van der Waals surface area contributed by atoms with Gasteiger partial charge in [-0.15, -0.1) is 23.1 Å². The highest BCUT2D eigenvalue weighted by atomic mass is 32.2. The molecule has 0 aliphatic carbocycles. The number of thiophene rings is 1. The molecular formula is C22H25N3O3S2. The van der Waals surface area contributed by atoms with E-state index in [-0.39, 0.29) is 12.1 Å². The summed E-state index contributed by atoms with van der Waals surface area (Å²) >= 11 is 3.07. The molecule has 0 spiro atoms. The zero-order valence-corrected chi connectivity index (χ0v) is 18.8. The van der Waals surface area contributed by atoms with Crippen molar-refractivity contribution < 1.29 is 14.6 Å². The van der Waals surface area contributed by atoms with Crippen molar-refractivity contribution in [3.05, 3.63) is 46.6 Å². The summed E-state index contributed by atoms with van der Waals surface area (Å²) in [5.74, 6) is 1.95. The summed E-state index contributed by atoms with van der Waals surface area (Å²) in [4.78, 5) is 26.9. The second kappa shape index (κ2) is 9.32. The van der Waals surface area contributed by atoms with Gasteiger partial charge in [0.25, 0.3) is 0 Å². The zero-order chi connectivity index (χ0) is 21.1. The highest BCUT2D eigenvalue weighted by molar-refractivity contribution is 7.98. The van der Waals surface area contributed by atoms with Crippen LogP contribution in [-0.2, 0) is 10.5 Å². The molecule has 1 N–H and O–H groups in total. The first kappa shape index (κ1) is 21.1. The molecule has 1 saturated heterocycles. The predicted molar refractivity (Wildman–Crippen MR) is 122 cm³/mol. The fraction of sp³-hybridized carbons (Fsp3) is 0.409. The lowest BCUT2D eigenvalue weighted by molar-refractivity contribution is 0.0531. The molecule has 8 heteroatoms. The van der Waals surface area contributed by atoms with E-state index in [1.54, 1.807) is 11.8 Å². The van der Waals surface area contributed by atoms with E-state index in [1.807, 2.05) is 32.0 Å². The molecule has 30 heavy (non-hydrogen) atoms. The number of benzene rings is 1. The van der Waals surface area contributed by atoms with Gasteiger partial charge >= 0.3 is 5.97 Å². The molecule has 158 valence electrons. The molecule has 0 atom stereocenters. The van der Waals surface area contributed by atoms with Crippen LogP contribution in [0.5, 0.6) is 0 Å². The Kier molecular flexibility index (Phi) is 6.55. The van der Waals surface area contributed by atoms with Gasteiger partial charge in [0.1, 0.15) is 21.3 Å². The maximum Gasteiger partial charge on any atom is 0.348 e. The summed E-state index contributed by atoms with van der Waals surface area (Å²) in [6.07, 6.45) is 1.17. The second-order valence-corrected chi connectivity index (χ2v) is 9.29. The first-order valence-electron chi connectivity index (χ1n) is 10.1. The first-order valence-corrected chi connectivity index (χ1v) is 11.9. The lowest BCUT2D eigenvalue weighted by atomic mass is 10.1. The molecule has 0 amide bonds. The van der Waals surface area contributed by atoms with Crippen molar-refractivity contribution in [3.63, 3.8) is 0 Å². The average Bonchev–Trinajstić information content (AvgIpc) is 3.10. The number of carbonyl (C=O) groups is 1. The highest BCUT2D eigenvalue weighted by Crippen LogP contribution is 2.37. The van der Waals surface area contributed by atoms with Gasteiger partial charge in [0.05, 0.1) is 23.8 Å². The molecule has 0 saturated carbocycles. The van der Waals surface area contributed by atoms with Crippen LogP contribution < -0.4 is 4.90 Å². The molecule has 3 heterocycles. The van der Waals surface area contributed by atoms with Crippen LogP contribution in [-0.4, -0.2) is 46.8 Å². The van der Waals surface area contributed by atoms with E-state index in [1.165, 1.54) is 16.2 Å². The molecule has 2 aromatic heterocycles. The van der Waals surface area contributed by atoms with Gasteiger partial charge in [-0.1, -0.05) is 18.2 Å². The topological polar surface area (TPSA) is 75.5 Å². The second-order valence-electron chi connectivity index (χ2n) is 7.24. The normalized spacial score (nSPS) is 15.0. The van der Waals surface area contributed by atoms with Crippen LogP contribution in [0.1, 0.15) is 40.8 Å². The van der Waals surface area contributed by atoms with Crippen molar-refractivity contribution in [2.24, 2.45) is 0 Å². The summed E-state index contributed by atoms with van der Waals surface area (Å²) in [6.45, 7) is 5.57. The minimum atomic E-state index is -0.307. The summed E-state index contributed by atoms with van der Waals surface area (Å²) in [7, 11) is 0. The Morgan fingerprint density at radius 2 is 2.00 bits per heavy atom. The number of ether oxygens (including phenoxy) is 1. The third kappa shape index (κ3) is 4.45. The number of hydrogen-bond acceptors (Lipinski definition) is 8. The minimum absolute atomic E-state index is 0.259. The number of hydrogen-bond donors (Lipinski definition) is 1. The quantitative estimate of drug-likeness (QED) is 0.446. The fourth-order valence-electron chi connectivity index (χ4n) is 3.59. The maximum atomic E-state index is 12.5. The molecule has 6 nitrogen and oxygen atoms in total. The Morgan fingerprint density at radius 3 is 2.70 bits per heavy atom. The maximum absolute atomic E-state index is 12.5. The van der Waals surface area contributed by atoms with Gasteiger partial charge in [-0.2, -0.15) is 0 Å². The Bertz CT molecular complexity index is 1030. The van der Waals surface area contributed by atoms with Gasteiger partial charge in [0.2, 0.25) is 0 Å². The number of fused-ring (bicyclic) bond motifs is 1. The Hall–Kier alpha value is -2.16. The van der Waals surface area contributed by atoms with Crippen LogP contribution in [0.4, 0.5) is 5.82 Å². The van der Waals surface area contributed by atoms with E-state index in [2.05, 4.69) is 17.0 Å². The van der Waals surface area contributed by atoms with Crippen molar-refractivity contribution in [2.45, 2.75) is 43.4 Å². The van der Waals surface area contributed by atoms with Crippen LogP contribution in [0.3, 0.4) is 0 Å². The number of anilines is 1. The van der Waals surface area contributed by atoms with E-state index in [0.29, 0.717) is 30.1 Å². The van der Waals surface area contributed by atoms with E-state index < -0.39 is 0 Å². The Morgan fingerprint density at radius 1 is 1.27 bits per heavy atom. The van der Waals surface area contributed by atoms with Crippen molar-refractivity contribution in [2.75, 3.05) is 24.6 Å². The lowest BCUT2D eigenvalue weighted by Gasteiger charge is -2.31. The first-order chi connectivity index (χ1) is 14.6. The summed E-state index contributed by atoms with van der Waals surface area (Å²) < 4.78 is 5.25. The van der Waals surface area contributed by atoms with Crippen LogP contribution >= 0.6 is 23.1 Å². The van der Waals surface area contributed by atoms with E-state index in [4.69, 9.17) is 14.7 Å². The van der Waals surface area contributed by atoms with Crippen LogP contribution in [0.2, 0.25) is 0 Å². The SMILES string of the molecule is CCOC(=O)c1sc2nc(CSc3ccccc3)nc(N3CCC(O)CC3)c2c1C. The number of nitrogens with zero attached hydrogens (tertiary/aromatic N) is 3. The van der Waals surface area contributed by atoms with Gasteiger partial charge in [0.15, 0.2) is 0 Å². The molecular weight excluding hydrogens is 418 g/mol. The van der Waals surface area contributed by atoms with Gasteiger partial charge in [-0.05, 0) is 44.4 Å². The minimum Gasteiger partial charge on any atom is -0.462 e. The third-order valence-corrected chi connectivity index (χ3v) is 7.33. The highest BCUT2D eigenvalue weighted by Gasteiger charge is 2.26. The summed E-state index contributed by atoms with van der Waals surface area (Å²) in [6, 6.07) is 10.2. The Balaban J connectivity index is 1.73. The number of esters is 1. The number of aliphatic hydroxyl groups is 1. The molecule has 0 unspecified atom stereocenters. The summed E-state index contributed by atoms with van der Waals surface area (Å²) in [5.41, 5.74) is 0.872. The molecule has 1 aliphatic heterocycles. The van der Waals surface area contributed by atoms with Gasteiger partial charge in [0, 0.05) is 18.0 Å².